The van der Waals surface area contributed by atoms with Crippen LogP contribution in [0.1, 0.15) is 34.6 Å². The predicted octanol–water partition coefficient (Wildman–Crippen LogP) is 13.4. The number of nitrogens with one attached hydrogen (secondary N) is 2. The molecule has 2 unspecified atom stereocenters. The van der Waals surface area contributed by atoms with E-state index in [2.05, 4.69) is 220 Å². The molecule has 12 rings (SSSR count). The van der Waals surface area contributed by atoms with Crippen LogP contribution < -0.4 is 10.6 Å². The highest BCUT2D eigenvalue weighted by Crippen LogP contribution is 2.45. The van der Waals surface area contributed by atoms with Crippen molar-refractivity contribution in [1.82, 2.24) is 19.8 Å². The molecule has 0 bridgehead atoms. The van der Waals surface area contributed by atoms with E-state index in [1.54, 1.807) is 0 Å². The molecule has 0 aliphatic carbocycles. The van der Waals surface area contributed by atoms with E-state index in [-0.39, 0.29) is 6.17 Å². The molecule has 2 N–H and O–H groups in total. The Morgan fingerprint density at radius 3 is 1.78 bits per heavy atom. The van der Waals surface area contributed by atoms with Crippen LogP contribution in [0.3, 0.4) is 0 Å². The Morgan fingerprint density at radius 1 is 0.469 bits per heavy atom. The number of nitrogens with zero attached hydrogens (tertiary/aromatic N) is 4. The highest BCUT2D eigenvalue weighted by Gasteiger charge is 2.29. The third-order valence-corrected chi connectivity index (χ3v) is 12.6. The second kappa shape index (κ2) is 15.4. The standard InChI is InChI=1S/C58H40N6/c59-37-38-31-34-50-48(35-38)55-45(27-15-29-51(55)63(50)43-23-11-4-12-24-43)44-26-16-30-52-54(44)46-25-13-14-28-49(46)64(52)53-36-42(39-17-5-1-6-18-39)32-33-47(53)58-61-56(40-19-7-2-8-20-40)60-57(62-58)41-21-9-3-10-22-41/h1-36,56,58,61H,(H,60,62). The fraction of sp³-hybridized carbons (Fsp3) is 0.0345. The fourth-order valence-electron chi connectivity index (χ4n) is 9.78. The van der Waals surface area contributed by atoms with Gasteiger partial charge in [0.1, 0.15) is 18.2 Å². The van der Waals surface area contributed by atoms with Crippen molar-refractivity contribution in [2.75, 3.05) is 0 Å². The smallest absolute Gasteiger partial charge is 0.131 e. The number of amidine groups is 1. The zero-order valence-electron chi connectivity index (χ0n) is 34.7. The van der Waals surface area contributed by atoms with Gasteiger partial charge < -0.3 is 14.5 Å². The average molecular weight is 821 g/mol. The minimum atomic E-state index is -0.395. The fourth-order valence-corrected chi connectivity index (χ4v) is 9.78. The summed E-state index contributed by atoms with van der Waals surface area (Å²) in [7, 11) is 0. The number of hydrogen-bond donors (Lipinski definition) is 2. The molecule has 1 aliphatic heterocycles. The van der Waals surface area contributed by atoms with Crippen LogP contribution >= 0.6 is 0 Å². The molecule has 1 aliphatic rings. The highest BCUT2D eigenvalue weighted by molar-refractivity contribution is 6.22. The van der Waals surface area contributed by atoms with Gasteiger partial charge in [-0.05, 0) is 82.4 Å². The Labute approximate surface area is 370 Å². The number of para-hydroxylation sites is 2. The van der Waals surface area contributed by atoms with Crippen molar-refractivity contribution in [3.63, 3.8) is 0 Å². The monoisotopic (exact) mass is 820 g/mol. The van der Waals surface area contributed by atoms with Gasteiger partial charge in [-0.25, -0.2) is 4.99 Å². The summed E-state index contributed by atoms with van der Waals surface area (Å²) in [6, 6.07) is 79.3. The van der Waals surface area contributed by atoms with Crippen LogP contribution in [0.2, 0.25) is 0 Å². The lowest BCUT2D eigenvalue weighted by Gasteiger charge is -2.33. The number of fused-ring (bicyclic) bond motifs is 6. The number of nitriles is 1. The first-order valence-corrected chi connectivity index (χ1v) is 21.7. The molecule has 0 saturated heterocycles. The minimum Gasteiger partial charge on any atom is -0.350 e. The molecule has 0 saturated carbocycles. The summed E-state index contributed by atoms with van der Waals surface area (Å²) in [5, 5.41) is 22.2. The first-order chi connectivity index (χ1) is 31.7. The zero-order valence-corrected chi connectivity index (χ0v) is 34.7. The topological polar surface area (TPSA) is 70.1 Å². The molecule has 2 atom stereocenters. The van der Waals surface area contributed by atoms with Crippen molar-refractivity contribution < 1.29 is 0 Å². The lowest BCUT2D eigenvalue weighted by Crippen LogP contribution is -2.45. The van der Waals surface area contributed by atoms with E-state index in [1.807, 2.05) is 24.3 Å². The molecular weight excluding hydrogens is 781 g/mol. The van der Waals surface area contributed by atoms with Gasteiger partial charge >= 0.3 is 0 Å². The average Bonchev–Trinajstić information content (AvgIpc) is 3.90. The van der Waals surface area contributed by atoms with Crippen molar-refractivity contribution in [3.8, 4) is 39.7 Å². The summed E-state index contributed by atoms with van der Waals surface area (Å²) >= 11 is 0. The van der Waals surface area contributed by atoms with Gasteiger partial charge in [0.2, 0.25) is 0 Å². The van der Waals surface area contributed by atoms with Crippen LogP contribution in [0.25, 0.3) is 77.2 Å². The van der Waals surface area contributed by atoms with E-state index in [9.17, 15) is 5.26 Å². The molecule has 0 amide bonds. The molecule has 3 heterocycles. The van der Waals surface area contributed by atoms with Crippen molar-refractivity contribution in [2.45, 2.75) is 12.3 Å². The Morgan fingerprint density at radius 2 is 1.06 bits per heavy atom. The van der Waals surface area contributed by atoms with Gasteiger partial charge in [0.05, 0.1) is 39.4 Å². The molecule has 9 aromatic carbocycles. The quantitative estimate of drug-likeness (QED) is 0.168. The number of aliphatic imine (C=N–C) groups is 1. The van der Waals surface area contributed by atoms with Crippen molar-refractivity contribution in [2.24, 2.45) is 4.99 Å². The maximum absolute atomic E-state index is 10.1. The predicted molar refractivity (Wildman–Crippen MR) is 262 cm³/mol. The molecule has 64 heavy (non-hydrogen) atoms. The van der Waals surface area contributed by atoms with Gasteiger partial charge in [-0.2, -0.15) is 5.26 Å². The van der Waals surface area contributed by atoms with E-state index in [0.29, 0.717) is 5.56 Å². The summed E-state index contributed by atoms with van der Waals surface area (Å²) < 4.78 is 4.76. The molecule has 0 fully saturated rings. The van der Waals surface area contributed by atoms with Crippen LogP contribution in [0.15, 0.2) is 223 Å². The zero-order chi connectivity index (χ0) is 42.6. The summed E-state index contributed by atoms with van der Waals surface area (Å²) in [6.45, 7) is 0. The normalized spacial score (nSPS) is 15.0. The second-order valence-electron chi connectivity index (χ2n) is 16.3. The molecule has 0 radical (unpaired) electrons. The van der Waals surface area contributed by atoms with Gasteiger partial charge in [-0.15, -0.1) is 0 Å². The van der Waals surface area contributed by atoms with Crippen molar-refractivity contribution >= 4 is 49.4 Å². The number of benzene rings is 9. The second-order valence-corrected chi connectivity index (χ2v) is 16.3. The molecule has 6 nitrogen and oxygen atoms in total. The van der Waals surface area contributed by atoms with E-state index in [4.69, 9.17) is 4.99 Å². The Bertz CT molecular complexity index is 3620. The van der Waals surface area contributed by atoms with Gasteiger partial charge in [0.15, 0.2) is 0 Å². The minimum absolute atomic E-state index is 0.189. The van der Waals surface area contributed by atoms with E-state index < -0.39 is 6.17 Å². The molecular formula is C58H40N6. The maximum Gasteiger partial charge on any atom is 0.131 e. The Kier molecular flexibility index (Phi) is 9.00. The highest BCUT2D eigenvalue weighted by atomic mass is 15.3. The number of aromatic nitrogens is 2. The molecule has 0 spiro atoms. The number of rotatable bonds is 7. The van der Waals surface area contributed by atoms with Crippen LogP contribution in [-0.4, -0.2) is 15.0 Å². The summed E-state index contributed by atoms with van der Waals surface area (Å²) in [6.07, 6.45) is -0.585. The maximum atomic E-state index is 10.1. The third kappa shape index (κ3) is 6.18. The molecule has 302 valence electrons. The largest absolute Gasteiger partial charge is 0.350 e. The summed E-state index contributed by atoms with van der Waals surface area (Å²) in [5.74, 6) is 0.836. The molecule has 6 heteroatoms. The van der Waals surface area contributed by atoms with Gasteiger partial charge in [-0.3, -0.25) is 5.32 Å². The molecule has 2 aromatic heterocycles. The molecule has 11 aromatic rings. The SMILES string of the molecule is N#Cc1ccc2c(c1)c1c(-c3cccc4c3c3ccccc3n4-c3cc(-c4ccccc4)ccc3C3N=C(c4ccccc4)NC(c4ccccc4)N3)cccc1n2-c1ccccc1. The van der Waals surface area contributed by atoms with Gasteiger partial charge in [-0.1, -0.05) is 164 Å². The van der Waals surface area contributed by atoms with E-state index in [0.717, 1.165) is 99.8 Å². The lowest BCUT2D eigenvalue weighted by atomic mass is 9.95. The van der Waals surface area contributed by atoms with E-state index in [1.165, 1.54) is 0 Å². The van der Waals surface area contributed by atoms with Gasteiger partial charge in [0, 0.05) is 38.4 Å². The van der Waals surface area contributed by atoms with Gasteiger partial charge in [0.25, 0.3) is 0 Å². The van der Waals surface area contributed by atoms with E-state index >= 15 is 0 Å². The van der Waals surface area contributed by atoms with Crippen LogP contribution in [0.5, 0.6) is 0 Å². The third-order valence-electron chi connectivity index (χ3n) is 12.6. The first kappa shape index (κ1) is 37.3. The Hall–Kier alpha value is -8.50. The Balaban J connectivity index is 1.13. The first-order valence-electron chi connectivity index (χ1n) is 21.7. The summed E-state index contributed by atoms with van der Waals surface area (Å²) in [5.41, 5.74) is 14.8. The summed E-state index contributed by atoms with van der Waals surface area (Å²) in [4.78, 5) is 5.46. The van der Waals surface area contributed by atoms with Crippen LogP contribution in [0, 0.1) is 11.3 Å². The van der Waals surface area contributed by atoms with Crippen LogP contribution in [0.4, 0.5) is 0 Å². The van der Waals surface area contributed by atoms with Crippen molar-refractivity contribution in [1.29, 1.82) is 5.26 Å². The number of hydrogen-bond acceptors (Lipinski definition) is 4. The van der Waals surface area contributed by atoms with Crippen molar-refractivity contribution in [3.05, 3.63) is 241 Å². The van der Waals surface area contributed by atoms with Crippen LogP contribution in [-0.2, 0) is 0 Å². The lowest BCUT2D eigenvalue weighted by molar-refractivity contribution is 0.408.